The first-order chi connectivity index (χ1) is 12.6. The van der Waals surface area contributed by atoms with E-state index in [2.05, 4.69) is 15.5 Å². The van der Waals surface area contributed by atoms with Crippen LogP contribution in [0.3, 0.4) is 0 Å². The van der Waals surface area contributed by atoms with Crippen LogP contribution in [0.2, 0.25) is 0 Å². The smallest absolute Gasteiger partial charge is 0.277 e. The lowest BCUT2D eigenvalue weighted by Gasteiger charge is -2.41. The summed E-state index contributed by atoms with van der Waals surface area (Å²) in [4.78, 5) is 41.3. The summed E-state index contributed by atoms with van der Waals surface area (Å²) in [5.74, 6) is -0.160. The summed E-state index contributed by atoms with van der Waals surface area (Å²) < 4.78 is 0. The molecule has 27 heavy (non-hydrogen) atoms. The lowest BCUT2D eigenvalue weighted by Crippen LogP contribution is -2.57. The van der Waals surface area contributed by atoms with E-state index >= 15 is 0 Å². The number of likely N-dealkylation sites (tertiary alicyclic amines) is 1. The summed E-state index contributed by atoms with van der Waals surface area (Å²) in [7, 11) is 0. The second kappa shape index (κ2) is 9.32. The highest BCUT2D eigenvalue weighted by molar-refractivity contribution is 5.95. The quantitative estimate of drug-likeness (QED) is 0.764. The van der Waals surface area contributed by atoms with E-state index in [0.29, 0.717) is 39.0 Å². The van der Waals surface area contributed by atoms with Gasteiger partial charge in [-0.2, -0.15) is 5.10 Å². The van der Waals surface area contributed by atoms with Crippen molar-refractivity contribution in [1.82, 2.24) is 25.3 Å². The predicted molar refractivity (Wildman–Crippen MR) is 104 cm³/mol. The van der Waals surface area contributed by atoms with Crippen molar-refractivity contribution in [2.24, 2.45) is 0 Å². The number of halogens is 1. The van der Waals surface area contributed by atoms with Crippen LogP contribution in [0.1, 0.15) is 48.3 Å². The summed E-state index contributed by atoms with van der Waals surface area (Å²) in [6, 6.07) is 0.0268. The molecule has 0 saturated carbocycles. The van der Waals surface area contributed by atoms with E-state index in [1.807, 2.05) is 18.7 Å². The van der Waals surface area contributed by atoms with Crippen molar-refractivity contribution >= 4 is 24.2 Å². The number of nitrogens with zero attached hydrogens (tertiary/aromatic N) is 3. The highest BCUT2D eigenvalue weighted by atomic mass is 35.5. The Kier molecular flexibility index (Phi) is 7.38. The van der Waals surface area contributed by atoms with Crippen molar-refractivity contribution < 1.29 is 9.59 Å². The molecule has 0 aromatic carbocycles. The molecule has 8 nitrogen and oxygen atoms in total. The topological polar surface area (TPSA) is 98.4 Å². The standard InChI is InChI=1S/C18H27N5O3.ClH/c1-3-13-14(4-2)20-21-17(25)16(13)18(26)22-8-5-6-12(11-22)23-9-7-19-10-15(23)24;/h12,19H,3-11H2,1-2H3,(H,21,25);1H. The van der Waals surface area contributed by atoms with Crippen molar-refractivity contribution in [3.63, 3.8) is 0 Å². The van der Waals surface area contributed by atoms with E-state index < -0.39 is 5.56 Å². The highest BCUT2D eigenvalue weighted by Crippen LogP contribution is 2.20. The largest absolute Gasteiger partial charge is 0.336 e. The molecule has 0 radical (unpaired) electrons. The Morgan fingerprint density at radius 2 is 2.00 bits per heavy atom. The van der Waals surface area contributed by atoms with E-state index in [0.717, 1.165) is 30.6 Å². The molecule has 0 spiro atoms. The van der Waals surface area contributed by atoms with E-state index in [1.165, 1.54) is 0 Å². The van der Waals surface area contributed by atoms with Crippen LogP contribution < -0.4 is 10.9 Å². The van der Waals surface area contributed by atoms with Gasteiger partial charge in [-0.05, 0) is 31.2 Å². The minimum Gasteiger partial charge on any atom is -0.336 e. The molecule has 2 fully saturated rings. The molecule has 2 aliphatic rings. The third kappa shape index (κ3) is 4.32. The van der Waals surface area contributed by atoms with Crippen LogP contribution in [0.4, 0.5) is 0 Å². The van der Waals surface area contributed by atoms with Crippen molar-refractivity contribution in [3.8, 4) is 0 Å². The molecule has 2 saturated heterocycles. The molecule has 1 aromatic rings. The van der Waals surface area contributed by atoms with Crippen molar-refractivity contribution in [2.75, 3.05) is 32.7 Å². The van der Waals surface area contributed by atoms with Gasteiger partial charge in [-0.15, -0.1) is 12.4 Å². The summed E-state index contributed by atoms with van der Waals surface area (Å²) >= 11 is 0. The molecule has 0 aliphatic carbocycles. The van der Waals surface area contributed by atoms with Gasteiger partial charge in [0.25, 0.3) is 11.5 Å². The summed E-state index contributed by atoms with van der Waals surface area (Å²) in [6.45, 7) is 6.79. The predicted octanol–water partition coefficient (Wildman–Crippen LogP) is 0.353. The van der Waals surface area contributed by atoms with Crippen molar-refractivity contribution in [2.45, 2.75) is 45.6 Å². The fraction of sp³-hybridized carbons (Fsp3) is 0.667. The fourth-order valence-corrected chi connectivity index (χ4v) is 3.98. The average Bonchev–Trinajstić information content (AvgIpc) is 2.67. The van der Waals surface area contributed by atoms with Crippen LogP contribution in [0, 0.1) is 0 Å². The Hall–Kier alpha value is -1.93. The van der Waals surface area contributed by atoms with Gasteiger partial charge in [0.05, 0.1) is 12.2 Å². The number of aromatic nitrogens is 2. The first-order valence-electron chi connectivity index (χ1n) is 9.46. The maximum Gasteiger partial charge on any atom is 0.277 e. The number of amides is 2. The lowest BCUT2D eigenvalue weighted by atomic mass is 9.99. The molecule has 3 heterocycles. The van der Waals surface area contributed by atoms with Gasteiger partial charge >= 0.3 is 0 Å². The van der Waals surface area contributed by atoms with E-state index in [1.54, 1.807) is 4.90 Å². The Bertz CT molecular complexity index is 751. The Balaban J connectivity index is 0.00000261. The minimum atomic E-state index is -0.426. The number of carbonyl (C=O) groups is 2. The summed E-state index contributed by atoms with van der Waals surface area (Å²) in [5, 5.41) is 9.63. The molecule has 2 amide bonds. The molecular weight excluding hydrogens is 370 g/mol. The zero-order valence-corrected chi connectivity index (χ0v) is 16.7. The number of aromatic amines is 1. The second-order valence-electron chi connectivity index (χ2n) is 6.87. The van der Waals surface area contributed by atoms with Crippen LogP contribution in [0.25, 0.3) is 0 Å². The van der Waals surface area contributed by atoms with Crippen molar-refractivity contribution in [3.05, 3.63) is 27.2 Å². The number of piperidine rings is 1. The van der Waals surface area contributed by atoms with Gasteiger partial charge < -0.3 is 15.1 Å². The second-order valence-corrected chi connectivity index (χ2v) is 6.87. The number of hydrogen-bond donors (Lipinski definition) is 2. The third-order valence-electron chi connectivity index (χ3n) is 5.32. The van der Waals surface area contributed by atoms with Crippen molar-refractivity contribution in [1.29, 1.82) is 0 Å². The molecule has 3 rings (SSSR count). The Morgan fingerprint density at radius 3 is 2.67 bits per heavy atom. The summed E-state index contributed by atoms with van der Waals surface area (Å²) in [5.41, 5.74) is 1.29. The molecule has 1 aromatic heterocycles. The average molecular weight is 398 g/mol. The molecule has 2 aliphatic heterocycles. The lowest BCUT2D eigenvalue weighted by molar-refractivity contribution is -0.135. The maximum atomic E-state index is 13.1. The molecule has 1 atom stereocenters. The molecule has 150 valence electrons. The molecular formula is C18H28ClN5O3. The number of piperazine rings is 1. The van der Waals surface area contributed by atoms with E-state index in [-0.39, 0.29) is 35.8 Å². The SMILES string of the molecule is CCc1n[nH]c(=O)c(C(=O)N2CCCC(N3CCNCC3=O)C2)c1CC.Cl. The van der Waals surface area contributed by atoms with Gasteiger partial charge in [-0.25, -0.2) is 5.10 Å². The first-order valence-corrected chi connectivity index (χ1v) is 9.46. The Morgan fingerprint density at radius 1 is 1.22 bits per heavy atom. The highest BCUT2D eigenvalue weighted by Gasteiger charge is 2.33. The number of H-pyrrole nitrogens is 1. The van der Waals surface area contributed by atoms with Crippen LogP contribution >= 0.6 is 12.4 Å². The Labute approximate surface area is 165 Å². The minimum absolute atomic E-state index is 0. The zero-order chi connectivity index (χ0) is 18.7. The summed E-state index contributed by atoms with van der Waals surface area (Å²) in [6.07, 6.45) is 2.98. The molecule has 9 heteroatoms. The molecule has 2 N–H and O–H groups in total. The number of rotatable bonds is 4. The zero-order valence-electron chi connectivity index (χ0n) is 15.9. The fourth-order valence-electron chi connectivity index (χ4n) is 3.98. The van der Waals surface area contributed by atoms with Crippen LogP contribution in [-0.4, -0.2) is 70.6 Å². The van der Waals surface area contributed by atoms with E-state index in [4.69, 9.17) is 0 Å². The number of hydrogen-bond acceptors (Lipinski definition) is 5. The monoisotopic (exact) mass is 397 g/mol. The van der Waals surface area contributed by atoms with Gasteiger partial charge in [0, 0.05) is 32.2 Å². The van der Waals surface area contributed by atoms with Gasteiger partial charge in [0.2, 0.25) is 5.91 Å². The van der Waals surface area contributed by atoms with Gasteiger partial charge in [0.1, 0.15) is 5.56 Å². The van der Waals surface area contributed by atoms with Crippen LogP contribution in [-0.2, 0) is 17.6 Å². The number of carbonyl (C=O) groups excluding carboxylic acids is 2. The van der Waals surface area contributed by atoms with Gasteiger partial charge in [-0.1, -0.05) is 13.8 Å². The number of aryl methyl sites for hydroxylation is 1. The first kappa shape index (κ1) is 21.4. The van der Waals surface area contributed by atoms with Crippen LogP contribution in [0.15, 0.2) is 4.79 Å². The third-order valence-corrected chi connectivity index (χ3v) is 5.32. The van der Waals surface area contributed by atoms with Gasteiger partial charge in [0.15, 0.2) is 0 Å². The normalized spacial score (nSPS) is 20.4. The number of nitrogens with one attached hydrogen (secondary N) is 2. The molecule has 1 unspecified atom stereocenters. The van der Waals surface area contributed by atoms with E-state index in [9.17, 15) is 14.4 Å². The van der Waals surface area contributed by atoms with Gasteiger partial charge in [-0.3, -0.25) is 14.4 Å². The molecule has 0 bridgehead atoms. The maximum absolute atomic E-state index is 13.1. The van der Waals surface area contributed by atoms with Crippen LogP contribution in [0.5, 0.6) is 0 Å².